The second kappa shape index (κ2) is 9.57. The standard InChI is InChI=1S/C30H28N2/c1-5-6-13-27-23(4)29(24-11-9-10-21(2)15-18-24)32-28-14-8-7-12-26(28)30(31-27)25-19-16-22(3)17-20-25/h5-10,12-20H,4,11H2,1-3H3/b6-5-,27-13+,31-30?,32-29?. The minimum atomic E-state index is 0.805. The predicted octanol–water partition coefficient (Wildman–Crippen LogP) is 7.77. The van der Waals surface area contributed by atoms with E-state index in [2.05, 4.69) is 81.1 Å². The van der Waals surface area contributed by atoms with Gasteiger partial charge >= 0.3 is 0 Å². The lowest BCUT2D eigenvalue weighted by Gasteiger charge is -2.19. The van der Waals surface area contributed by atoms with E-state index in [4.69, 9.17) is 9.98 Å². The maximum atomic E-state index is 5.16. The molecule has 1 aliphatic carbocycles. The largest absolute Gasteiger partial charge is 0.247 e. The third kappa shape index (κ3) is 4.60. The minimum absolute atomic E-state index is 0.805. The first kappa shape index (κ1) is 21.5. The molecule has 0 aromatic heterocycles. The molecule has 0 spiro atoms. The molecule has 2 nitrogen and oxygen atoms in total. The van der Waals surface area contributed by atoms with Gasteiger partial charge in [-0.3, -0.25) is 0 Å². The van der Waals surface area contributed by atoms with Gasteiger partial charge in [-0.15, -0.1) is 0 Å². The molecule has 1 aliphatic heterocycles. The van der Waals surface area contributed by atoms with E-state index in [1.807, 2.05) is 37.3 Å². The van der Waals surface area contributed by atoms with Crippen LogP contribution in [0.1, 0.15) is 37.0 Å². The van der Waals surface area contributed by atoms with Crippen molar-refractivity contribution in [2.75, 3.05) is 0 Å². The highest BCUT2D eigenvalue weighted by Gasteiger charge is 2.21. The summed E-state index contributed by atoms with van der Waals surface area (Å²) in [5.74, 6) is 0. The van der Waals surface area contributed by atoms with Crippen LogP contribution in [0.4, 0.5) is 5.69 Å². The van der Waals surface area contributed by atoms with E-state index < -0.39 is 0 Å². The summed E-state index contributed by atoms with van der Waals surface area (Å²) in [7, 11) is 0. The van der Waals surface area contributed by atoms with Crippen molar-refractivity contribution in [3.8, 4) is 0 Å². The number of hydrogen-bond donors (Lipinski definition) is 0. The highest BCUT2D eigenvalue weighted by atomic mass is 14.8. The number of allylic oxidation sites excluding steroid dienone is 10. The summed E-state index contributed by atoms with van der Waals surface area (Å²) in [4.78, 5) is 10.3. The Hall–Kier alpha value is -3.78. The fourth-order valence-corrected chi connectivity index (χ4v) is 3.75. The zero-order chi connectivity index (χ0) is 22.5. The van der Waals surface area contributed by atoms with Crippen molar-refractivity contribution in [2.45, 2.75) is 27.2 Å². The van der Waals surface area contributed by atoms with Crippen molar-refractivity contribution in [3.05, 3.63) is 137 Å². The molecule has 0 fully saturated rings. The molecular formula is C30H28N2. The van der Waals surface area contributed by atoms with E-state index in [1.165, 1.54) is 11.1 Å². The number of aliphatic imine (C=N–C) groups is 2. The molecule has 0 bridgehead atoms. The average Bonchev–Trinajstić information content (AvgIpc) is 3.02. The molecule has 2 heteroatoms. The van der Waals surface area contributed by atoms with Crippen LogP contribution in [0.25, 0.3) is 0 Å². The van der Waals surface area contributed by atoms with Gasteiger partial charge in [0.15, 0.2) is 0 Å². The first-order chi connectivity index (χ1) is 15.6. The molecule has 0 N–H and O–H groups in total. The Balaban J connectivity index is 1.97. The second-order valence-corrected chi connectivity index (χ2v) is 8.07. The second-order valence-electron chi connectivity index (χ2n) is 8.07. The number of hydrogen-bond acceptors (Lipinski definition) is 2. The Kier molecular flexibility index (Phi) is 6.42. The molecule has 2 aromatic rings. The Bertz CT molecular complexity index is 1260. The van der Waals surface area contributed by atoms with Crippen molar-refractivity contribution in [2.24, 2.45) is 9.98 Å². The molecule has 1 heterocycles. The van der Waals surface area contributed by atoms with Crippen LogP contribution >= 0.6 is 0 Å². The third-order valence-electron chi connectivity index (χ3n) is 5.56. The molecule has 0 unspecified atom stereocenters. The monoisotopic (exact) mass is 416 g/mol. The highest BCUT2D eigenvalue weighted by molar-refractivity contribution is 6.21. The molecule has 0 amide bonds. The molecule has 0 radical (unpaired) electrons. The van der Waals surface area contributed by atoms with Crippen molar-refractivity contribution in [1.29, 1.82) is 0 Å². The molecule has 158 valence electrons. The lowest BCUT2D eigenvalue weighted by molar-refractivity contribution is 1.27. The number of nitrogens with zero attached hydrogens (tertiary/aromatic N) is 2. The van der Waals surface area contributed by atoms with E-state index in [1.54, 1.807) is 0 Å². The molecule has 0 saturated carbocycles. The summed E-state index contributed by atoms with van der Waals surface area (Å²) in [6, 6.07) is 16.7. The molecule has 0 atom stereocenters. The van der Waals surface area contributed by atoms with Crippen LogP contribution in [0, 0.1) is 6.92 Å². The quantitative estimate of drug-likeness (QED) is 0.488. The van der Waals surface area contributed by atoms with Crippen LogP contribution in [0.3, 0.4) is 0 Å². The first-order valence-corrected chi connectivity index (χ1v) is 11.0. The van der Waals surface area contributed by atoms with Gasteiger partial charge in [0.25, 0.3) is 0 Å². The first-order valence-electron chi connectivity index (χ1n) is 11.0. The lowest BCUT2D eigenvalue weighted by Crippen LogP contribution is -2.13. The van der Waals surface area contributed by atoms with Gasteiger partial charge in [0, 0.05) is 16.7 Å². The van der Waals surface area contributed by atoms with Crippen molar-refractivity contribution >= 4 is 17.1 Å². The van der Waals surface area contributed by atoms with Crippen LogP contribution in [0.2, 0.25) is 0 Å². The van der Waals surface area contributed by atoms with Gasteiger partial charge in [-0.05, 0) is 44.9 Å². The summed E-state index contributed by atoms with van der Waals surface area (Å²) in [5, 5.41) is 0. The Morgan fingerprint density at radius 3 is 2.47 bits per heavy atom. The number of benzene rings is 2. The maximum Gasteiger partial charge on any atom is 0.0803 e. The van der Waals surface area contributed by atoms with Crippen LogP contribution < -0.4 is 0 Å². The van der Waals surface area contributed by atoms with Gasteiger partial charge in [0.2, 0.25) is 0 Å². The van der Waals surface area contributed by atoms with E-state index >= 15 is 0 Å². The van der Waals surface area contributed by atoms with Crippen LogP contribution in [-0.4, -0.2) is 11.4 Å². The summed E-state index contributed by atoms with van der Waals surface area (Å²) in [5.41, 5.74) is 10.0. The highest BCUT2D eigenvalue weighted by Crippen LogP contribution is 2.32. The molecule has 0 saturated heterocycles. The molecular weight excluding hydrogens is 388 g/mol. The van der Waals surface area contributed by atoms with Crippen molar-refractivity contribution < 1.29 is 0 Å². The third-order valence-corrected chi connectivity index (χ3v) is 5.56. The Labute approximate surface area is 191 Å². The van der Waals surface area contributed by atoms with Crippen molar-refractivity contribution in [1.82, 2.24) is 0 Å². The smallest absolute Gasteiger partial charge is 0.0803 e. The summed E-state index contributed by atoms with van der Waals surface area (Å²) < 4.78 is 0. The molecule has 2 aromatic carbocycles. The number of para-hydroxylation sites is 1. The minimum Gasteiger partial charge on any atom is -0.247 e. The molecule has 2 aliphatic rings. The SMILES string of the molecule is C=C1C(C2=CC=C(C)C=CC2)=Nc2ccccc2C(c2ccc(C)cc2)=N/C1=C/C=C\C. The average molecular weight is 417 g/mol. The van der Waals surface area contributed by atoms with E-state index in [9.17, 15) is 0 Å². The summed E-state index contributed by atoms with van der Waals surface area (Å²) in [6.45, 7) is 10.7. The topological polar surface area (TPSA) is 24.7 Å². The van der Waals surface area contributed by atoms with E-state index in [0.29, 0.717) is 0 Å². The van der Waals surface area contributed by atoms with Crippen molar-refractivity contribution in [3.63, 3.8) is 0 Å². The van der Waals surface area contributed by atoms with Gasteiger partial charge in [0.05, 0.1) is 22.8 Å². The number of aryl methyl sites for hydroxylation is 1. The molecule has 32 heavy (non-hydrogen) atoms. The van der Waals surface area contributed by atoms with E-state index in [-0.39, 0.29) is 0 Å². The van der Waals surface area contributed by atoms with Gasteiger partial charge in [0.1, 0.15) is 0 Å². The van der Waals surface area contributed by atoms with Crippen LogP contribution in [-0.2, 0) is 0 Å². The van der Waals surface area contributed by atoms with Crippen LogP contribution in [0.5, 0.6) is 0 Å². The Morgan fingerprint density at radius 1 is 0.906 bits per heavy atom. The normalized spacial score (nSPS) is 17.7. The zero-order valence-electron chi connectivity index (χ0n) is 19.0. The van der Waals surface area contributed by atoms with E-state index in [0.717, 1.165) is 51.5 Å². The Morgan fingerprint density at radius 2 is 1.69 bits per heavy atom. The predicted molar refractivity (Wildman–Crippen MR) is 138 cm³/mol. The number of rotatable bonds is 3. The van der Waals surface area contributed by atoms with Gasteiger partial charge in [-0.25, -0.2) is 9.98 Å². The zero-order valence-corrected chi connectivity index (χ0v) is 19.0. The fourth-order valence-electron chi connectivity index (χ4n) is 3.75. The van der Waals surface area contributed by atoms with Gasteiger partial charge in [-0.2, -0.15) is 0 Å². The number of fused-ring (bicyclic) bond motifs is 1. The lowest BCUT2D eigenvalue weighted by atomic mass is 9.94. The van der Waals surface area contributed by atoms with Gasteiger partial charge < -0.3 is 0 Å². The van der Waals surface area contributed by atoms with Gasteiger partial charge in [-0.1, -0.05) is 96.6 Å². The fraction of sp³-hybridized carbons (Fsp3) is 0.133. The maximum absolute atomic E-state index is 5.16. The summed E-state index contributed by atoms with van der Waals surface area (Å²) >= 11 is 0. The van der Waals surface area contributed by atoms with Crippen LogP contribution in [0.15, 0.2) is 130 Å². The summed E-state index contributed by atoms with van der Waals surface area (Å²) in [6.07, 6.45) is 15.5. The molecule has 4 rings (SSSR count).